The fourth-order valence-electron chi connectivity index (χ4n) is 1.23. The number of ether oxygens (including phenoxy) is 1. The number of rotatable bonds is 4. The highest BCUT2D eigenvalue weighted by Gasteiger charge is 2.51. The summed E-state index contributed by atoms with van der Waals surface area (Å²) >= 11 is 11.3. The molecule has 1 aromatic rings. The molecule has 0 atom stereocenters. The molecule has 1 aromatic heterocycles. The molecule has 1 fully saturated rings. The van der Waals surface area contributed by atoms with Gasteiger partial charge in [-0.3, -0.25) is 4.79 Å². The molecule has 0 aliphatic heterocycles. The lowest BCUT2D eigenvalue weighted by atomic mass is 10.1. The van der Waals surface area contributed by atoms with Crippen LogP contribution >= 0.6 is 23.2 Å². The number of carbonyl (C=O) groups is 1. The molecule has 1 N–H and O–H groups in total. The molecule has 16 heavy (non-hydrogen) atoms. The standard InChI is InChI=1S/C9H8Cl2N2O3/c10-6-3-5(7(11)13-12-6)16-4-9(1-2-9)8(14)15/h3H,1-2,4H2,(H,14,15). The van der Waals surface area contributed by atoms with Crippen molar-refractivity contribution in [1.29, 1.82) is 0 Å². The molecular formula is C9H8Cl2N2O3. The Balaban J connectivity index is 2.05. The maximum absolute atomic E-state index is 10.9. The summed E-state index contributed by atoms with van der Waals surface area (Å²) in [6.07, 6.45) is 1.23. The molecule has 0 aromatic carbocycles. The lowest BCUT2D eigenvalue weighted by Crippen LogP contribution is -2.23. The van der Waals surface area contributed by atoms with E-state index in [-0.39, 0.29) is 22.7 Å². The minimum atomic E-state index is -0.850. The highest BCUT2D eigenvalue weighted by Crippen LogP contribution is 2.46. The Labute approximate surface area is 101 Å². The second kappa shape index (κ2) is 4.07. The lowest BCUT2D eigenvalue weighted by molar-refractivity contribution is -0.144. The van der Waals surface area contributed by atoms with Gasteiger partial charge < -0.3 is 9.84 Å². The zero-order valence-corrected chi connectivity index (χ0v) is 9.62. The van der Waals surface area contributed by atoms with Gasteiger partial charge in [-0.05, 0) is 12.8 Å². The van der Waals surface area contributed by atoms with E-state index in [0.29, 0.717) is 12.8 Å². The highest BCUT2D eigenvalue weighted by molar-refractivity contribution is 6.32. The third-order valence-corrected chi connectivity index (χ3v) is 2.94. The predicted octanol–water partition coefficient (Wildman–Crippen LogP) is 2.03. The molecule has 0 bridgehead atoms. The zero-order valence-electron chi connectivity index (χ0n) is 8.11. The van der Waals surface area contributed by atoms with Gasteiger partial charge in [-0.1, -0.05) is 23.2 Å². The van der Waals surface area contributed by atoms with Crippen LogP contribution in [0.4, 0.5) is 0 Å². The van der Waals surface area contributed by atoms with E-state index < -0.39 is 11.4 Å². The Morgan fingerprint density at radius 3 is 2.75 bits per heavy atom. The SMILES string of the molecule is O=C(O)C1(COc2cc(Cl)nnc2Cl)CC1. The fraction of sp³-hybridized carbons (Fsp3) is 0.444. The van der Waals surface area contributed by atoms with Crippen molar-refractivity contribution in [2.75, 3.05) is 6.61 Å². The smallest absolute Gasteiger partial charge is 0.313 e. The van der Waals surface area contributed by atoms with E-state index in [2.05, 4.69) is 10.2 Å². The number of halogens is 2. The van der Waals surface area contributed by atoms with Crippen molar-refractivity contribution in [1.82, 2.24) is 10.2 Å². The second-order valence-electron chi connectivity index (χ2n) is 3.70. The molecule has 0 saturated heterocycles. The molecule has 1 saturated carbocycles. The number of aromatic nitrogens is 2. The van der Waals surface area contributed by atoms with Crippen LogP contribution in [-0.2, 0) is 4.79 Å². The van der Waals surface area contributed by atoms with E-state index in [1.54, 1.807) is 0 Å². The van der Waals surface area contributed by atoms with Crippen LogP contribution in [0.5, 0.6) is 5.75 Å². The van der Waals surface area contributed by atoms with Crippen molar-refractivity contribution < 1.29 is 14.6 Å². The van der Waals surface area contributed by atoms with Gasteiger partial charge in [-0.25, -0.2) is 0 Å². The second-order valence-corrected chi connectivity index (χ2v) is 4.44. The Hall–Kier alpha value is -1.07. The summed E-state index contributed by atoms with van der Waals surface area (Å²) in [5.74, 6) is -0.592. The molecule has 5 nitrogen and oxygen atoms in total. The predicted molar refractivity (Wildman–Crippen MR) is 56.8 cm³/mol. The molecule has 86 valence electrons. The summed E-state index contributed by atoms with van der Waals surface area (Å²) < 4.78 is 5.31. The third-order valence-electron chi connectivity index (χ3n) is 2.50. The van der Waals surface area contributed by atoms with Gasteiger partial charge in [-0.15, -0.1) is 10.2 Å². The maximum Gasteiger partial charge on any atom is 0.313 e. The number of hydrogen-bond donors (Lipinski definition) is 1. The monoisotopic (exact) mass is 262 g/mol. The van der Waals surface area contributed by atoms with E-state index in [1.165, 1.54) is 6.07 Å². The normalized spacial score (nSPS) is 16.9. The van der Waals surface area contributed by atoms with E-state index in [0.717, 1.165) is 0 Å². The van der Waals surface area contributed by atoms with Crippen LogP contribution in [0.25, 0.3) is 0 Å². The van der Waals surface area contributed by atoms with Gasteiger partial charge in [0.25, 0.3) is 0 Å². The van der Waals surface area contributed by atoms with Crippen molar-refractivity contribution in [3.63, 3.8) is 0 Å². The van der Waals surface area contributed by atoms with Crippen molar-refractivity contribution in [2.24, 2.45) is 5.41 Å². The van der Waals surface area contributed by atoms with Crippen LogP contribution < -0.4 is 4.74 Å². The van der Waals surface area contributed by atoms with Crippen molar-refractivity contribution in [3.05, 3.63) is 16.4 Å². The molecule has 1 aliphatic rings. The first-order valence-electron chi connectivity index (χ1n) is 4.58. The summed E-state index contributed by atoms with van der Waals surface area (Å²) in [5, 5.41) is 16.2. The topological polar surface area (TPSA) is 72.3 Å². The quantitative estimate of drug-likeness (QED) is 0.899. The summed E-state index contributed by atoms with van der Waals surface area (Å²) in [6.45, 7) is 0.0735. The molecule has 0 radical (unpaired) electrons. The van der Waals surface area contributed by atoms with Crippen LogP contribution in [0.1, 0.15) is 12.8 Å². The van der Waals surface area contributed by atoms with E-state index in [9.17, 15) is 4.79 Å². The molecule has 1 heterocycles. The van der Waals surface area contributed by atoms with Crippen molar-refractivity contribution >= 4 is 29.2 Å². The maximum atomic E-state index is 10.9. The molecule has 1 aliphatic carbocycles. The average Bonchev–Trinajstić information content (AvgIpc) is 3.00. The number of aliphatic carboxylic acids is 1. The highest BCUT2D eigenvalue weighted by atomic mass is 35.5. The zero-order chi connectivity index (χ0) is 11.8. The van der Waals surface area contributed by atoms with E-state index >= 15 is 0 Å². The summed E-state index contributed by atoms with van der Waals surface area (Å²) in [4.78, 5) is 10.9. The molecule has 7 heteroatoms. The first kappa shape index (κ1) is 11.4. The number of nitrogens with zero attached hydrogens (tertiary/aromatic N) is 2. The summed E-state index contributed by atoms with van der Waals surface area (Å²) in [7, 11) is 0. The Morgan fingerprint density at radius 2 is 2.19 bits per heavy atom. The van der Waals surface area contributed by atoms with Gasteiger partial charge in [0, 0.05) is 6.07 Å². The lowest BCUT2D eigenvalue weighted by Gasteiger charge is -2.11. The Morgan fingerprint density at radius 1 is 1.50 bits per heavy atom. The average molecular weight is 263 g/mol. The van der Waals surface area contributed by atoms with E-state index in [1.807, 2.05) is 0 Å². The molecular weight excluding hydrogens is 255 g/mol. The minimum Gasteiger partial charge on any atom is -0.489 e. The fourth-order valence-corrected chi connectivity index (χ4v) is 1.51. The molecule has 0 amide bonds. The molecule has 0 unspecified atom stereocenters. The van der Waals surface area contributed by atoms with Gasteiger partial charge in [0.2, 0.25) is 0 Å². The van der Waals surface area contributed by atoms with Crippen LogP contribution in [0.2, 0.25) is 10.3 Å². The van der Waals surface area contributed by atoms with E-state index in [4.69, 9.17) is 33.0 Å². The van der Waals surface area contributed by atoms with Crippen LogP contribution in [0, 0.1) is 5.41 Å². The first-order chi connectivity index (χ1) is 7.53. The number of carboxylic acids is 1. The van der Waals surface area contributed by atoms with Crippen LogP contribution in [-0.4, -0.2) is 27.9 Å². The van der Waals surface area contributed by atoms with Crippen molar-refractivity contribution in [3.8, 4) is 5.75 Å². The number of carboxylic acid groups (broad SMARTS) is 1. The van der Waals surface area contributed by atoms with Gasteiger partial charge in [0.1, 0.15) is 12.0 Å². The Kier molecular flexibility index (Phi) is 2.90. The van der Waals surface area contributed by atoms with Gasteiger partial charge in [-0.2, -0.15) is 0 Å². The van der Waals surface area contributed by atoms with Gasteiger partial charge >= 0.3 is 5.97 Å². The largest absolute Gasteiger partial charge is 0.489 e. The molecule has 0 spiro atoms. The van der Waals surface area contributed by atoms with Gasteiger partial charge in [0.05, 0.1) is 0 Å². The van der Waals surface area contributed by atoms with Crippen LogP contribution in [0.3, 0.4) is 0 Å². The first-order valence-corrected chi connectivity index (χ1v) is 5.34. The van der Waals surface area contributed by atoms with Crippen molar-refractivity contribution in [2.45, 2.75) is 12.8 Å². The Bertz CT molecular complexity index is 435. The summed E-state index contributed by atoms with van der Waals surface area (Å²) in [6, 6.07) is 1.41. The number of hydrogen-bond acceptors (Lipinski definition) is 4. The van der Waals surface area contributed by atoms with Crippen LogP contribution in [0.15, 0.2) is 6.07 Å². The summed E-state index contributed by atoms with van der Waals surface area (Å²) in [5.41, 5.74) is -0.765. The molecule has 2 rings (SSSR count). The minimum absolute atomic E-state index is 0.0735. The third kappa shape index (κ3) is 2.20. The van der Waals surface area contributed by atoms with Gasteiger partial charge in [0.15, 0.2) is 16.1 Å².